The summed E-state index contributed by atoms with van der Waals surface area (Å²) in [5, 5.41) is 69.5. The zero-order chi connectivity index (χ0) is 10.7. The fraction of sp³-hybridized carbons (Fsp3) is 0. The van der Waals surface area contributed by atoms with Crippen molar-refractivity contribution in [1.29, 1.82) is 0 Å². The quantitative estimate of drug-likeness (QED) is 0.270. The van der Waals surface area contributed by atoms with Crippen LogP contribution in [0.5, 0.6) is 0 Å². The predicted octanol–water partition coefficient (Wildman–Crippen LogP) is -8.69. The Morgan fingerprint density at radius 3 is 0.643 bits per heavy atom. The number of hydrogen-bond donors (Lipinski definition) is 5. The second-order valence-electron chi connectivity index (χ2n) is 0.961. The molecule has 0 aliphatic rings. The predicted molar refractivity (Wildman–Crippen MR) is 28.4 cm³/mol. The zero-order valence-corrected chi connectivity index (χ0v) is 12.9. The van der Waals surface area contributed by atoms with Gasteiger partial charge in [-0.05, 0) is 0 Å². The maximum atomic E-state index is 8.64. The summed E-state index contributed by atoms with van der Waals surface area (Å²) < 4.78 is 0. The van der Waals surface area contributed by atoms with E-state index in [4.69, 9.17) is 45.2 Å². The molecule has 0 fully saturated rings. The Morgan fingerprint density at radius 2 is 0.643 bits per heavy atom. The van der Waals surface area contributed by atoms with Crippen LogP contribution in [-0.4, -0.2) is 47.1 Å². The SMILES string of the molecule is OB(O)O.[O-]B(O)O.[O-]B([O-])[O-].[Zn+2].[Zn+2]. The van der Waals surface area contributed by atoms with E-state index in [-0.39, 0.29) is 39.0 Å². The normalized spacial score (nSPS) is 5.79. The summed E-state index contributed by atoms with van der Waals surface area (Å²) in [6, 6.07) is 0. The van der Waals surface area contributed by atoms with E-state index in [9.17, 15) is 0 Å². The number of rotatable bonds is 0. The maximum Gasteiger partial charge on any atom is 2.00 e. The molecule has 14 heavy (non-hydrogen) atoms. The molecule has 0 radical (unpaired) electrons. The van der Waals surface area contributed by atoms with Crippen LogP contribution in [0.25, 0.3) is 0 Å². The third-order valence-electron chi connectivity index (χ3n) is 0. The van der Waals surface area contributed by atoms with Crippen LogP contribution >= 0.6 is 0 Å². The van der Waals surface area contributed by atoms with Crippen LogP contribution < -0.4 is 20.1 Å². The molecule has 0 aliphatic carbocycles. The summed E-state index contributed by atoms with van der Waals surface area (Å²) in [6.07, 6.45) is 0. The minimum atomic E-state index is -2.92. The monoisotopic (exact) mass is 310 g/mol. The Bertz CT molecular complexity index is 46.5. The Labute approximate surface area is 106 Å². The minimum Gasteiger partial charge on any atom is -0.907 e. The van der Waals surface area contributed by atoms with Crippen LogP contribution in [-0.2, 0) is 39.0 Å². The van der Waals surface area contributed by atoms with Crippen molar-refractivity contribution in [3.05, 3.63) is 0 Å². The molecule has 0 atom stereocenters. The van der Waals surface area contributed by atoms with E-state index in [1.54, 1.807) is 0 Å². The van der Waals surface area contributed by atoms with Gasteiger partial charge in [0.1, 0.15) is 0 Å². The van der Waals surface area contributed by atoms with Crippen LogP contribution in [0.4, 0.5) is 0 Å². The summed E-state index contributed by atoms with van der Waals surface area (Å²) in [5.41, 5.74) is 0. The first-order valence-corrected chi connectivity index (χ1v) is 2.23. The standard InChI is InChI=1S/BH3O3.BH2O3.BO3.2Zn/c3*2-1(3)4;;/h2-4H;2-3H;;;/q;-1;-3;2*+2. The van der Waals surface area contributed by atoms with E-state index in [1.165, 1.54) is 0 Å². The van der Waals surface area contributed by atoms with Gasteiger partial charge in [0, 0.05) is 0 Å². The van der Waals surface area contributed by atoms with E-state index in [1.807, 2.05) is 0 Å². The third kappa shape index (κ3) is 1630. The Kier molecular flexibility index (Phi) is 49.8. The van der Waals surface area contributed by atoms with Crippen LogP contribution in [0.15, 0.2) is 0 Å². The van der Waals surface area contributed by atoms with Crippen molar-refractivity contribution < 1.29 is 84.2 Å². The average molecular weight is 312 g/mol. The molecule has 0 aromatic heterocycles. The van der Waals surface area contributed by atoms with Crippen molar-refractivity contribution >= 4 is 22.0 Å². The second-order valence-corrected chi connectivity index (χ2v) is 0.961. The van der Waals surface area contributed by atoms with Gasteiger partial charge in [0.2, 0.25) is 0 Å². The second kappa shape index (κ2) is 23.7. The first-order chi connectivity index (χ1) is 5.20. The van der Waals surface area contributed by atoms with Crippen molar-refractivity contribution in [2.75, 3.05) is 0 Å². The van der Waals surface area contributed by atoms with Gasteiger partial charge in [-0.15, -0.1) is 0 Å². The van der Waals surface area contributed by atoms with Gasteiger partial charge in [-0.25, -0.2) is 0 Å². The minimum absolute atomic E-state index is 0. The van der Waals surface area contributed by atoms with Crippen molar-refractivity contribution in [2.45, 2.75) is 0 Å². The van der Waals surface area contributed by atoms with Gasteiger partial charge < -0.3 is 45.2 Å². The van der Waals surface area contributed by atoms with Crippen molar-refractivity contribution in [3.63, 3.8) is 0 Å². The zero-order valence-electron chi connectivity index (χ0n) is 7.02. The van der Waals surface area contributed by atoms with Crippen LogP contribution in [0.2, 0.25) is 0 Å². The molecule has 9 nitrogen and oxygen atoms in total. The fourth-order valence-corrected chi connectivity index (χ4v) is 0. The molecule has 0 aromatic rings. The molecule has 0 aliphatic heterocycles. The smallest absolute Gasteiger partial charge is 0.907 e. The fourth-order valence-electron chi connectivity index (χ4n) is 0. The molecule has 0 bridgehead atoms. The molecule has 0 heterocycles. The van der Waals surface area contributed by atoms with Crippen molar-refractivity contribution in [2.24, 2.45) is 0 Å². The van der Waals surface area contributed by atoms with E-state index in [2.05, 4.69) is 0 Å². The van der Waals surface area contributed by atoms with E-state index < -0.39 is 22.0 Å². The molecular formula is H5B3O9Zn2. The molecule has 0 spiro atoms. The van der Waals surface area contributed by atoms with Gasteiger partial charge in [0.15, 0.2) is 0 Å². The van der Waals surface area contributed by atoms with Gasteiger partial charge in [-0.1, -0.05) is 0 Å². The Morgan fingerprint density at radius 1 is 0.643 bits per heavy atom. The summed E-state index contributed by atoms with van der Waals surface area (Å²) >= 11 is 0. The van der Waals surface area contributed by atoms with Gasteiger partial charge in [-0.3, -0.25) is 7.32 Å². The molecule has 5 N–H and O–H groups in total. The van der Waals surface area contributed by atoms with E-state index >= 15 is 0 Å². The van der Waals surface area contributed by atoms with Crippen LogP contribution in [0, 0.1) is 0 Å². The third-order valence-corrected chi connectivity index (χ3v) is 0. The van der Waals surface area contributed by atoms with Gasteiger partial charge in [0.25, 0.3) is 0 Å². The molecule has 0 unspecified atom stereocenters. The molecule has 14 heteroatoms. The maximum absolute atomic E-state index is 8.64. The van der Waals surface area contributed by atoms with Crippen molar-refractivity contribution in [1.82, 2.24) is 0 Å². The summed E-state index contributed by atoms with van der Waals surface area (Å²) in [7, 11) is -7.50. The molecule has 0 amide bonds. The average Bonchev–Trinajstić information content (AvgIpc) is 1.54. The van der Waals surface area contributed by atoms with Crippen LogP contribution in [0.3, 0.4) is 0 Å². The van der Waals surface area contributed by atoms with Gasteiger partial charge in [-0.2, -0.15) is 0 Å². The Hall–Kier alpha value is 1.08. The van der Waals surface area contributed by atoms with Crippen molar-refractivity contribution in [3.8, 4) is 0 Å². The van der Waals surface area contributed by atoms with Gasteiger partial charge in [0.05, 0.1) is 0 Å². The molecule has 0 rings (SSSR count). The molecule has 0 aromatic carbocycles. The largest absolute Gasteiger partial charge is 2.00 e. The van der Waals surface area contributed by atoms with Gasteiger partial charge >= 0.3 is 53.6 Å². The van der Waals surface area contributed by atoms with E-state index in [0.29, 0.717) is 0 Å². The molecule has 0 saturated heterocycles. The van der Waals surface area contributed by atoms with E-state index in [0.717, 1.165) is 0 Å². The summed E-state index contributed by atoms with van der Waals surface area (Å²) in [5.74, 6) is 0. The summed E-state index contributed by atoms with van der Waals surface area (Å²) in [4.78, 5) is 0. The first-order valence-electron chi connectivity index (χ1n) is 2.23. The molecule has 0 saturated carbocycles. The number of hydrogen-bond acceptors (Lipinski definition) is 9. The van der Waals surface area contributed by atoms with Crippen LogP contribution in [0.1, 0.15) is 0 Å². The molecular weight excluding hydrogens is 307 g/mol. The first kappa shape index (κ1) is 29.4. The molecule has 72 valence electrons. The summed E-state index contributed by atoms with van der Waals surface area (Å²) in [6.45, 7) is 0. The topological polar surface area (TPSA) is 193 Å². The Balaban J connectivity index is -0.0000000270.